The summed E-state index contributed by atoms with van der Waals surface area (Å²) in [7, 11) is 0. The van der Waals surface area contributed by atoms with E-state index in [1.165, 1.54) is 6.33 Å². The van der Waals surface area contributed by atoms with Crippen LogP contribution in [0.4, 0.5) is 23.0 Å². The molecule has 0 aliphatic rings. The Balaban J connectivity index is 1.72. The summed E-state index contributed by atoms with van der Waals surface area (Å²) in [6.07, 6.45) is 1.49. The highest BCUT2D eigenvalue weighted by atomic mass is 16.5. The first-order valence-electron chi connectivity index (χ1n) is 8.39. The molecule has 0 saturated carbocycles. The van der Waals surface area contributed by atoms with Crippen molar-refractivity contribution in [1.82, 2.24) is 9.97 Å². The lowest BCUT2D eigenvalue weighted by molar-refractivity contribution is 0.483. The zero-order valence-electron chi connectivity index (χ0n) is 15.2. The van der Waals surface area contributed by atoms with Crippen molar-refractivity contribution < 1.29 is 4.74 Å². The highest BCUT2D eigenvalue weighted by molar-refractivity contribution is 5.78. The van der Waals surface area contributed by atoms with Crippen LogP contribution in [0.3, 0.4) is 0 Å². The van der Waals surface area contributed by atoms with Gasteiger partial charge in [0, 0.05) is 11.2 Å². The number of hydrogen-bond donors (Lipinski definition) is 3. The van der Waals surface area contributed by atoms with E-state index >= 15 is 0 Å². The summed E-state index contributed by atoms with van der Waals surface area (Å²) in [4.78, 5) is 8.46. The SMILES string of the molecule is CC(C)(C)Nc1ncnc(Nc2ccc(Oc3ccccc3)cc2)c1N. The van der Waals surface area contributed by atoms with Crippen LogP contribution in [0, 0.1) is 0 Å². The molecule has 2 aromatic carbocycles. The Hall–Kier alpha value is -3.28. The molecule has 0 bridgehead atoms. The van der Waals surface area contributed by atoms with Gasteiger partial charge in [-0.05, 0) is 57.2 Å². The lowest BCUT2D eigenvalue weighted by Crippen LogP contribution is -2.27. The molecule has 3 rings (SSSR count). The lowest BCUT2D eigenvalue weighted by Gasteiger charge is -2.22. The van der Waals surface area contributed by atoms with Crippen molar-refractivity contribution in [2.45, 2.75) is 26.3 Å². The number of hydrogen-bond acceptors (Lipinski definition) is 6. The standard InChI is InChI=1S/C20H23N5O/c1-20(2,3)25-19-17(21)18(22-13-23-19)24-14-9-11-16(12-10-14)26-15-7-5-4-6-8-15/h4-13H,21H2,1-3H3,(H2,22,23,24,25). The molecule has 0 amide bonds. The topological polar surface area (TPSA) is 85.1 Å². The molecule has 1 aromatic heterocycles. The Kier molecular flexibility index (Phi) is 4.93. The summed E-state index contributed by atoms with van der Waals surface area (Å²) in [5.74, 6) is 2.72. The second kappa shape index (κ2) is 7.31. The smallest absolute Gasteiger partial charge is 0.159 e. The van der Waals surface area contributed by atoms with Crippen LogP contribution in [0.1, 0.15) is 20.8 Å². The average Bonchev–Trinajstić information content (AvgIpc) is 2.60. The molecule has 0 spiro atoms. The number of nitrogen functional groups attached to an aromatic ring is 1. The number of nitrogens with one attached hydrogen (secondary N) is 2. The van der Waals surface area contributed by atoms with Crippen LogP contribution in [-0.2, 0) is 0 Å². The first kappa shape index (κ1) is 17.5. The van der Waals surface area contributed by atoms with Crippen molar-refractivity contribution in [3.8, 4) is 11.5 Å². The van der Waals surface area contributed by atoms with Crippen molar-refractivity contribution >= 4 is 23.0 Å². The van der Waals surface area contributed by atoms with Crippen LogP contribution in [0.15, 0.2) is 60.9 Å². The van der Waals surface area contributed by atoms with Gasteiger partial charge in [0.05, 0.1) is 0 Å². The molecule has 3 aromatic rings. The fourth-order valence-electron chi connectivity index (χ4n) is 2.32. The Labute approximate surface area is 153 Å². The van der Waals surface area contributed by atoms with Gasteiger partial charge >= 0.3 is 0 Å². The fourth-order valence-corrected chi connectivity index (χ4v) is 2.32. The highest BCUT2D eigenvalue weighted by Gasteiger charge is 2.15. The maximum absolute atomic E-state index is 6.20. The largest absolute Gasteiger partial charge is 0.457 e. The number of nitrogens with two attached hydrogens (primary N) is 1. The molecule has 0 aliphatic heterocycles. The van der Waals surface area contributed by atoms with Gasteiger partial charge in [-0.15, -0.1) is 0 Å². The van der Waals surface area contributed by atoms with Gasteiger partial charge in [-0.2, -0.15) is 0 Å². The quantitative estimate of drug-likeness (QED) is 0.613. The molecule has 6 nitrogen and oxygen atoms in total. The molecule has 1 heterocycles. The number of benzene rings is 2. The third kappa shape index (κ3) is 4.63. The van der Waals surface area contributed by atoms with E-state index in [1.807, 2.05) is 75.4 Å². The molecule has 0 fully saturated rings. The van der Waals surface area contributed by atoms with Crippen LogP contribution in [-0.4, -0.2) is 15.5 Å². The van der Waals surface area contributed by atoms with Crippen molar-refractivity contribution in [3.63, 3.8) is 0 Å². The van der Waals surface area contributed by atoms with E-state index in [0.717, 1.165) is 17.2 Å². The third-order valence-corrected chi connectivity index (χ3v) is 3.47. The molecule has 0 radical (unpaired) electrons. The predicted molar refractivity (Wildman–Crippen MR) is 106 cm³/mol. The number of rotatable bonds is 5. The minimum absolute atomic E-state index is 0.143. The van der Waals surface area contributed by atoms with Gasteiger partial charge in [-0.25, -0.2) is 9.97 Å². The van der Waals surface area contributed by atoms with Gasteiger partial charge in [0.2, 0.25) is 0 Å². The molecule has 26 heavy (non-hydrogen) atoms. The van der Waals surface area contributed by atoms with Crippen molar-refractivity contribution in [2.75, 3.05) is 16.4 Å². The monoisotopic (exact) mass is 349 g/mol. The Morgan fingerprint density at radius 2 is 1.46 bits per heavy atom. The lowest BCUT2D eigenvalue weighted by atomic mass is 10.1. The molecule has 0 unspecified atom stereocenters. The van der Waals surface area contributed by atoms with Gasteiger partial charge < -0.3 is 21.1 Å². The highest BCUT2D eigenvalue weighted by Crippen LogP contribution is 2.29. The van der Waals surface area contributed by atoms with Crippen molar-refractivity contribution in [2.24, 2.45) is 0 Å². The van der Waals surface area contributed by atoms with E-state index in [4.69, 9.17) is 10.5 Å². The molecule has 0 atom stereocenters. The Morgan fingerprint density at radius 1 is 0.846 bits per heavy atom. The average molecular weight is 349 g/mol. The zero-order valence-corrected chi connectivity index (χ0v) is 15.2. The summed E-state index contributed by atoms with van der Waals surface area (Å²) in [6.45, 7) is 6.15. The van der Waals surface area contributed by atoms with Gasteiger partial charge in [-0.1, -0.05) is 18.2 Å². The molecular formula is C20H23N5O. The number of ether oxygens (including phenoxy) is 1. The maximum atomic E-state index is 6.20. The van der Waals surface area contributed by atoms with E-state index in [0.29, 0.717) is 17.3 Å². The first-order valence-corrected chi connectivity index (χ1v) is 8.39. The van der Waals surface area contributed by atoms with E-state index in [9.17, 15) is 0 Å². The van der Waals surface area contributed by atoms with Gasteiger partial charge in [0.25, 0.3) is 0 Å². The van der Waals surface area contributed by atoms with E-state index < -0.39 is 0 Å². The predicted octanol–water partition coefficient (Wildman–Crippen LogP) is 4.81. The maximum Gasteiger partial charge on any atom is 0.159 e. The summed E-state index contributed by atoms with van der Waals surface area (Å²) in [5.41, 5.74) is 7.39. The summed E-state index contributed by atoms with van der Waals surface area (Å²) >= 11 is 0. The summed E-state index contributed by atoms with van der Waals surface area (Å²) in [6, 6.07) is 17.3. The summed E-state index contributed by atoms with van der Waals surface area (Å²) < 4.78 is 5.79. The normalized spacial score (nSPS) is 11.0. The zero-order chi connectivity index (χ0) is 18.6. The second-order valence-electron chi connectivity index (χ2n) is 6.92. The van der Waals surface area contributed by atoms with Crippen molar-refractivity contribution in [1.29, 1.82) is 0 Å². The second-order valence-corrected chi connectivity index (χ2v) is 6.92. The number of anilines is 4. The van der Waals surface area contributed by atoms with Gasteiger partial charge in [-0.3, -0.25) is 0 Å². The molecule has 4 N–H and O–H groups in total. The van der Waals surface area contributed by atoms with Crippen LogP contribution < -0.4 is 21.1 Å². The van der Waals surface area contributed by atoms with E-state index in [1.54, 1.807) is 0 Å². The fraction of sp³-hybridized carbons (Fsp3) is 0.200. The minimum atomic E-state index is -0.143. The first-order chi connectivity index (χ1) is 12.4. The number of aromatic nitrogens is 2. The van der Waals surface area contributed by atoms with Crippen LogP contribution in [0.25, 0.3) is 0 Å². The Morgan fingerprint density at radius 3 is 2.12 bits per heavy atom. The molecule has 0 saturated heterocycles. The van der Waals surface area contributed by atoms with Crippen molar-refractivity contribution in [3.05, 3.63) is 60.9 Å². The van der Waals surface area contributed by atoms with Crippen LogP contribution >= 0.6 is 0 Å². The van der Waals surface area contributed by atoms with Gasteiger partial charge in [0.1, 0.15) is 23.5 Å². The molecule has 134 valence electrons. The minimum Gasteiger partial charge on any atom is -0.457 e. The van der Waals surface area contributed by atoms with E-state index in [-0.39, 0.29) is 5.54 Å². The van der Waals surface area contributed by atoms with E-state index in [2.05, 4.69) is 20.6 Å². The molecule has 0 aliphatic carbocycles. The number of nitrogens with zero attached hydrogens (tertiary/aromatic N) is 2. The molecular weight excluding hydrogens is 326 g/mol. The number of para-hydroxylation sites is 1. The van der Waals surface area contributed by atoms with Gasteiger partial charge in [0.15, 0.2) is 11.6 Å². The summed E-state index contributed by atoms with van der Waals surface area (Å²) in [5, 5.41) is 6.49. The van der Waals surface area contributed by atoms with Crippen LogP contribution in [0.5, 0.6) is 11.5 Å². The van der Waals surface area contributed by atoms with Crippen LogP contribution in [0.2, 0.25) is 0 Å². The molecule has 6 heteroatoms. The third-order valence-electron chi connectivity index (χ3n) is 3.47. The Bertz CT molecular complexity index is 858.